The van der Waals surface area contributed by atoms with Gasteiger partial charge in [0.05, 0.1) is 0 Å². The van der Waals surface area contributed by atoms with Crippen molar-refractivity contribution in [2.75, 3.05) is 4.90 Å². The third-order valence-corrected chi connectivity index (χ3v) is 6.14. The summed E-state index contributed by atoms with van der Waals surface area (Å²) in [6.07, 6.45) is 6.64. The lowest BCUT2D eigenvalue weighted by Gasteiger charge is -2.28. The first-order valence-corrected chi connectivity index (χ1v) is 11.8. The van der Waals surface area contributed by atoms with Gasteiger partial charge in [-0.1, -0.05) is 17.7 Å². The van der Waals surface area contributed by atoms with Crippen LogP contribution >= 0.6 is 0 Å². The highest BCUT2D eigenvalue weighted by Gasteiger charge is 2.42. The largest absolute Gasteiger partial charge is 0.357 e. The number of anilines is 1. The first-order valence-electron chi connectivity index (χ1n) is 11.8. The van der Waals surface area contributed by atoms with Crippen molar-refractivity contribution in [2.45, 2.75) is 100 Å². The number of imidazole rings is 1. The molecule has 0 spiro atoms. The van der Waals surface area contributed by atoms with Crippen LogP contribution in [0.4, 0.5) is 5.69 Å². The molecule has 3 rings (SSSR count). The molecule has 2 aromatic carbocycles. The highest BCUT2D eigenvalue weighted by atomic mass is 15.3. The minimum Gasteiger partial charge on any atom is -0.357 e. The molecule has 168 valence electrons. The van der Waals surface area contributed by atoms with Crippen LogP contribution in [0.15, 0.2) is 30.9 Å². The molecule has 0 fully saturated rings. The number of aryl methyl sites for hydroxylation is 3. The van der Waals surface area contributed by atoms with Gasteiger partial charge in [-0.25, -0.2) is 9.14 Å². The normalized spacial score (nSPS) is 12.2. The number of hydrogen-bond acceptors (Lipinski definition) is 1. The maximum atomic E-state index is 2.56. The zero-order chi connectivity index (χ0) is 23.2. The Bertz CT molecular complexity index is 1040. The molecule has 0 saturated heterocycles. The maximum absolute atomic E-state index is 2.56. The second kappa shape index (κ2) is 8.64. The van der Waals surface area contributed by atoms with Crippen LogP contribution in [-0.4, -0.2) is 28.7 Å². The van der Waals surface area contributed by atoms with E-state index in [4.69, 9.17) is 0 Å². The molecular weight excluding hydrogens is 380 g/mol. The van der Waals surface area contributed by atoms with E-state index in [1.165, 1.54) is 39.1 Å². The molecule has 0 aliphatic rings. The molecule has 31 heavy (non-hydrogen) atoms. The van der Waals surface area contributed by atoms with Crippen LogP contribution in [-0.2, 0) is 0 Å². The molecule has 1 heterocycles. The van der Waals surface area contributed by atoms with Crippen molar-refractivity contribution >= 4 is 5.69 Å². The van der Waals surface area contributed by atoms with Crippen LogP contribution in [0.3, 0.4) is 0 Å². The molecule has 4 nitrogen and oxygen atoms in total. The summed E-state index contributed by atoms with van der Waals surface area (Å²) in [5.41, 5.74) is 7.95. The van der Waals surface area contributed by atoms with Crippen molar-refractivity contribution in [3.8, 4) is 11.4 Å². The molecule has 0 bridgehead atoms. The average Bonchev–Trinajstić information content (AvgIpc) is 3.08. The topological polar surface area (TPSA) is 15.1 Å². The maximum Gasteiger partial charge on any atom is 0.278 e. The average molecular weight is 423 g/mol. The van der Waals surface area contributed by atoms with Gasteiger partial charge < -0.3 is 4.90 Å². The first kappa shape index (κ1) is 23.3. The molecule has 4 heteroatoms. The van der Waals surface area contributed by atoms with E-state index in [0.717, 1.165) is 0 Å². The van der Waals surface area contributed by atoms with Crippen LogP contribution in [0.25, 0.3) is 11.4 Å². The summed E-state index contributed by atoms with van der Waals surface area (Å²) in [6, 6.07) is 6.34. The Morgan fingerprint density at radius 2 is 1.35 bits per heavy atom. The van der Waals surface area contributed by atoms with Gasteiger partial charge in [-0.2, -0.15) is 4.57 Å². The van der Waals surface area contributed by atoms with Gasteiger partial charge in [0.25, 0.3) is 11.7 Å². The van der Waals surface area contributed by atoms with Gasteiger partial charge in [0.1, 0.15) is 30.2 Å². The third-order valence-electron chi connectivity index (χ3n) is 6.14. The second-order valence-corrected chi connectivity index (χ2v) is 10.2. The molecule has 0 N–H and O–H groups in total. The highest BCUT2D eigenvalue weighted by Crippen LogP contribution is 2.31. The fraction of sp³-hybridized carbons (Fsp3) is 0.556. The monoisotopic (exact) mass is 422 g/mol. The number of hydrogen-bond donors (Lipinski definition) is 0. The molecule has 0 atom stereocenters. The van der Waals surface area contributed by atoms with E-state index in [9.17, 15) is 0 Å². The van der Waals surface area contributed by atoms with Crippen molar-refractivity contribution < 1.29 is 4.57 Å². The number of aromatic nitrogens is 2. The van der Waals surface area contributed by atoms with E-state index in [1.54, 1.807) is 0 Å². The summed E-state index contributed by atoms with van der Waals surface area (Å²) in [6.45, 7) is 24.9. The molecule has 0 aliphatic heterocycles. The minimum atomic E-state index is 0.452. The minimum absolute atomic E-state index is 0.452. The molecule has 3 aromatic rings. The van der Waals surface area contributed by atoms with E-state index in [1.807, 2.05) is 0 Å². The highest BCUT2D eigenvalue weighted by molar-refractivity contribution is 5.77. The number of nitrogens with zero attached hydrogens (tertiary/aromatic N) is 4. The summed E-state index contributed by atoms with van der Waals surface area (Å²) in [5, 5.41) is 1.40. The predicted octanol–water partition coefficient (Wildman–Crippen LogP) is 4.77. The van der Waals surface area contributed by atoms with Crippen molar-refractivity contribution in [1.82, 2.24) is 9.14 Å². The fourth-order valence-electron chi connectivity index (χ4n) is 5.32. The summed E-state index contributed by atoms with van der Waals surface area (Å²) < 4.78 is 7.16. The van der Waals surface area contributed by atoms with Gasteiger partial charge >= 0.3 is 0 Å². The van der Waals surface area contributed by atoms with Gasteiger partial charge in [0.2, 0.25) is 5.69 Å². The molecule has 0 unspecified atom stereocenters. The van der Waals surface area contributed by atoms with E-state index in [-0.39, 0.29) is 0 Å². The molecule has 0 radical (unpaired) electrons. The Morgan fingerprint density at radius 3 is 1.81 bits per heavy atom. The van der Waals surface area contributed by atoms with Gasteiger partial charge in [0.15, 0.2) is 5.69 Å². The molecule has 0 saturated carbocycles. The Hall–Kier alpha value is -2.36. The van der Waals surface area contributed by atoms with Crippen LogP contribution < -0.4 is 19.4 Å². The Kier molecular flexibility index (Phi) is 6.50. The number of rotatable bonds is 7. The third kappa shape index (κ3) is 4.35. The van der Waals surface area contributed by atoms with E-state index in [2.05, 4.69) is 126 Å². The van der Waals surface area contributed by atoms with Gasteiger partial charge in [0, 0.05) is 12.1 Å². The Morgan fingerprint density at radius 1 is 0.839 bits per heavy atom. The van der Waals surface area contributed by atoms with E-state index < -0.39 is 0 Å². The summed E-state index contributed by atoms with van der Waals surface area (Å²) in [7, 11) is 0. The number of benzene rings is 1. The molecule has 0 aliphatic carbocycles. The standard InChI is InChI=1S/C27H42N4/c1-17(2)30(18(3)4)26-25(27(26)31(19(5)6)20(7)8)29-13-12-28(16-29)24-22(10)14-21(9)15-23(24)11/h12-20H,1-11H3/q+2. The smallest absolute Gasteiger partial charge is 0.278 e. The lowest BCUT2D eigenvalue weighted by Crippen LogP contribution is -2.41. The summed E-state index contributed by atoms with van der Waals surface area (Å²) >= 11 is 0. The predicted molar refractivity (Wildman–Crippen MR) is 132 cm³/mol. The van der Waals surface area contributed by atoms with Crippen molar-refractivity contribution in [1.29, 1.82) is 0 Å². The fourth-order valence-corrected chi connectivity index (χ4v) is 5.32. The second-order valence-electron chi connectivity index (χ2n) is 10.2. The van der Waals surface area contributed by atoms with E-state index in [0.29, 0.717) is 24.2 Å². The van der Waals surface area contributed by atoms with Crippen LogP contribution in [0.1, 0.15) is 72.1 Å². The van der Waals surface area contributed by atoms with Crippen LogP contribution in [0, 0.1) is 20.8 Å². The van der Waals surface area contributed by atoms with Crippen molar-refractivity contribution in [3.63, 3.8) is 0 Å². The zero-order valence-electron chi connectivity index (χ0n) is 21.5. The molecule has 1 aromatic heterocycles. The molecule has 0 amide bonds. The van der Waals surface area contributed by atoms with Crippen molar-refractivity contribution in [2.24, 2.45) is 0 Å². The SMILES string of the molecule is Cc1cc(C)c(-[n+]2ccn(-c3c(N(C(C)C)C(C)C)c3=[N+](C(C)C)C(C)C)c2)c(C)c1. The lowest BCUT2D eigenvalue weighted by atomic mass is 10.1. The van der Waals surface area contributed by atoms with Crippen LogP contribution in [0.2, 0.25) is 0 Å². The first-order chi connectivity index (χ1) is 14.5. The summed E-state index contributed by atoms with van der Waals surface area (Å²) in [4.78, 5) is 2.56. The van der Waals surface area contributed by atoms with Crippen LogP contribution in [0.5, 0.6) is 0 Å². The Balaban J connectivity index is 2.21. The van der Waals surface area contributed by atoms with E-state index >= 15 is 0 Å². The zero-order valence-corrected chi connectivity index (χ0v) is 21.5. The van der Waals surface area contributed by atoms with Gasteiger partial charge in [-0.3, -0.25) is 0 Å². The van der Waals surface area contributed by atoms with Gasteiger partial charge in [-0.05, 0) is 87.3 Å². The lowest BCUT2D eigenvalue weighted by molar-refractivity contribution is -0.595. The quantitative estimate of drug-likeness (QED) is 0.501. The molecular formula is C27H42N4+2. The summed E-state index contributed by atoms with van der Waals surface area (Å²) in [5.74, 6) is 0. The Labute approximate surface area is 189 Å². The van der Waals surface area contributed by atoms with Gasteiger partial charge in [-0.15, -0.1) is 0 Å². The van der Waals surface area contributed by atoms with Crippen molar-refractivity contribution in [3.05, 3.63) is 52.9 Å².